The number of anilines is 1. The van der Waals surface area contributed by atoms with Crippen LogP contribution in [0.2, 0.25) is 0 Å². The molecule has 112 valence electrons. The highest BCUT2D eigenvalue weighted by Crippen LogP contribution is 2.28. The fraction of sp³-hybridized carbons (Fsp3) is 0. The quantitative estimate of drug-likeness (QED) is 0.350. The molecule has 0 heterocycles. The van der Waals surface area contributed by atoms with Crippen LogP contribution in [0.1, 0.15) is 5.56 Å². The number of nitro groups is 2. The Morgan fingerprint density at radius 2 is 1.82 bits per heavy atom. The second kappa shape index (κ2) is 6.93. The van der Waals surface area contributed by atoms with E-state index < -0.39 is 15.5 Å². The van der Waals surface area contributed by atoms with Gasteiger partial charge in [-0.05, 0) is 34.7 Å². The molecule has 0 spiro atoms. The number of nitrogens with one attached hydrogen (secondary N) is 1. The second-order valence-electron chi connectivity index (χ2n) is 4.11. The lowest BCUT2D eigenvalue weighted by atomic mass is 10.2. The minimum atomic E-state index is -0.697. The predicted molar refractivity (Wildman–Crippen MR) is 90.1 cm³/mol. The second-order valence-corrected chi connectivity index (χ2v) is 5.27. The first-order valence-electron chi connectivity index (χ1n) is 5.95. The molecule has 0 atom stereocenters. The zero-order valence-electron chi connectivity index (χ0n) is 11.0. The molecule has 8 nitrogen and oxygen atoms in total. The van der Waals surface area contributed by atoms with Gasteiger partial charge < -0.3 is 0 Å². The van der Waals surface area contributed by atoms with Gasteiger partial charge >= 0.3 is 5.69 Å². The van der Waals surface area contributed by atoms with E-state index >= 15 is 0 Å². The molecule has 0 amide bonds. The first kappa shape index (κ1) is 15.8. The summed E-state index contributed by atoms with van der Waals surface area (Å²) in [5.41, 5.74) is 2.71. The van der Waals surface area contributed by atoms with Crippen LogP contribution in [0.5, 0.6) is 0 Å². The van der Waals surface area contributed by atoms with Crippen LogP contribution >= 0.6 is 22.6 Å². The third-order valence-corrected chi connectivity index (χ3v) is 3.67. The number of hydrazone groups is 1. The number of non-ortho nitro benzene ring substituents is 1. The highest BCUT2D eigenvalue weighted by atomic mass is 127. The van der Waals surface area contributed by atoms with Crippen LogP contribution in [0, 0.1) is 23.8 Å². The van der Waals surface area contributed by atoms with Gasteiger partial charge in [-0.1, -0.05) is 18.2 Å². The van der Waals surface area contributed by atoms with Crippen molar-refractivity contribution in [1.82, 2.24) is 0 Å². The van der Waals surface area contributed by atoms with E-state index in [1.807, 2.05) is 24.3 Å². The molecule has 0 unspecified atom stereocenters. The molecule has 0 aromatic heterocycles. The summed E-state index contributed by atoms with van der Waals surface area (Å²) in [4.78, 5) is 20.2. The van der Waals surface area contributed by atoms with Crippen LogP contribution in [-0.4, -0.2) is 16.1 Å². The van der Waals surface area contributed by atoms with Crippen molar-refractivity contribution < 1.29 is 9.85 Å². The van der Waals surface area contributed by atoms with E-state index in [9.17, 15) is 20.2 Å². The summed E-state index contributed by atoms with van der Waals surface area (Å²) in [6.45, 7) is 0. The topological polar surface area (TPSA) is 111 Å². The number of hydrogen-bond acceptors (Lipinski definition) is 6. The van der Waals surface area contributed by atoms with E-state index in [2.05, 4.69) is 33.1 Å². The van der Waals surface area contributed by atoms with Gasteiger partial charge in [-0.2, -0.15) is 5.10 Å². The van der Waals surface area contributed by atoms with Gasteiger partial charge in [-0.25, -0.2) is 0 Å². The average molecular weight is 412 g/mol. The zero-order chi connectivity index (χ0) is 16.1. The first-order valence-corrected chi connectivity index (χ1v) is 7.03. The fourth-order valence-electron chi connectivity index (χ4n) is 1.63. The van der Waals surface area contributed by atoms with Crippen molar-refractivity contribution in [2.24, 2.45) is 5.10 Å². The number of nitro benzene ring substituents is 2. The van der Waals surface area contributed by atoms with E-state index in [1.54, 1.807) is 0 Å². The smallest absolute Gasteiger partial charge is 0.272 e. The Bertz CT molecular complexity index is 763. The Kier molecular flexibility index (Phi) is 4.99. The largest absolute Gasteiger partial charge is 0.301 e. The summed E-state index contributed by atoms with van der Waals surface area (Å²) in [7, 11) is 0. The standard InChI is InChI=1S/C13H9IN4O4/c14-11-4-2-1-3-9(11)8-15-16-12-6-5-10(17(19)20)7-13(12)18(21)22/h1-8,16H/b15-8-. The Morgan fingerprint density at radius 3 is 2.45 bits per heavy atom. The van der Waals surface area contributed by atoms with Crippen molar-refractivity contribution in [3.8, 4) is 0 Å². The van der Waals surface area contributed by atoms with Gasteiger partial charge in [0.05, 0.1) is 22.1 Å². The lowest BCUT2D eigenvalue weighted by molar-refractivity contribution is -0.393. The number of rotatable bonds is 5. The SMILES string of the molecule is O=[N+]([O-])c1ccc(N/N=C\c2ccccc2I)c([N+](=O)[O-])c1. The van der Waals surface area contributed by atoms with Crippen LogP contribution in [0.15, 0.2) is 47.6 Å². The lowest BCUT2D eigenvalue weighted by Crippen LogP contribution is -1.99. The number of benzene rings is 2. The molecule has 1 N–H and O–H groups in total. The van der Waals surface area contributed by atoms with E-state index in [4.69, 9.17) is 0 Å². The highest BCUT2D eigenvalue weighted by molar-refractivity contribution is 14.1. The fourth-order valence-corrected chi connectivity index (χ4v) is 2.16. The van der Waals surface area contributed by atoms with Crippen molar-refractivity contribution in [1.29, 1.82) is 0 Å². The molecule has 0 saturated carbocycles. The molecule has 2 aromatic carbocycles. The molecule has 0 bridgehead atoms. The van der Waals surface area contributed by atoms with E-state index in [0.29, 0.717) is 0 Å². The normalized spacial score (nSPS) is 10.6. The maximum atomic E-state index is 11.0. The summed E-state index contributed by atoms with van der Waals surface area (Å²) >= 11 is 2.14. The first-order chi connectivity index (χ1) is 10.5. The predicted octanol–water partition coefficient (Wildman–Crippen LogP) is 3.55. The van der Waals surface area contributed by atoms with Gasteiger partial charge in [0.2, 0.25) is 0 Å². The molecule has 0 aliphatic heterocycles. The van der Waals surface area contributed by atoms with Gasteiger partial charge in [-0.3, -0.25) is 25.7 Å². The van der Waals surface area contributed by atoms with Crippen molar-refractivity contribution in [3.05, 3.63) is 71.8 Å². The monoisotopic (exact) mass is 412 g/mol. The van der Waals surface area contributed by atoms with Crippen molar-refractivity contribution in [2.45, 2.75) is 0 Å². The van der Waals surface area contributed by atoms with Gasteiger partial charge in [0.1, 0.15) is 5.69 Å². The summed E-state index contributed by atoms with van der Waals surface area (Å²) in [5.74, 6) is 0. The summed E-state index contributed by atoms with van der Waals surface area (Å²) in [6.07, 6.45) is 1.52. The molecule has 22 heavy (non-hydrogen) atoms. The van der Waals surface area contributed by atoms with Crippen LogP contribution in [-0.2, 0) is 0 Å². The maximum Gasteiger partial charge on any atom is 0.301 e. The maximum absolute atomic E-state index is 11.0. The van der Waals surface area contributed by atoms with E-state index in [0.717, 1.165) is 15.2 Å². The molecule has 0 fully saturated rings. The molecular weight excluding hydrogens is 403 g/mol. The Morgan fingerprint density at radius 1 is 1.09 bits per heavy atom. The lowest BCUT2D eigenvalue weighted by Gasteiger charge is -2.02. The molecular formula is C13H9IN4O4. The molecule has 9 heteroatoms. The Hall–Kier alpha value is -2.56. The Balaban J connectivity index is 2.24. The molecule has 0 aliphatic carbocycles. The van der Waals surface area contributed by atoms with Crippen molar-refractivity contribution in [2.75, 3.05) is 5.43 Å². The van der Waals surface area contributed by atoms with Crippen LogP contribution in [0.3, 0.4) is 0 Å². The van der Waals surface area contributed by atoms with Gasteiger partial charge in [-0.15, -0.1) is 0 Å². The zero-order valence-corrected chi connectivity index (χ0v) is 13.1. The minimum Gasteiger partial charge on any atom is -0.272 e. The van der Waals surface area contributed by atoms with Crippen LogP contribution in [0.25, 0.3) is 0 Å². The summed E-state index contributed by atoms with van der Waals surface area (Å²) < 4.78 is 0.976. The summed E-state index contributed by atoms with van der Waals surface area (Å²) in [6, 6.07) is 10.8. The molecule has 2 rings (SSSR count). The number of nitrogens with zero attached hydrogens (tertiary/aromatic N) is 3. The Labute approximate surface area is 138 Å². The van der Waals surface area contributed by atoms with E-state index in [1.165, 1.54) is 18.3 Å². The average Bonchev–Trinajstić information content (AvgIpc) is 2.49. The molecule has 0 aliphatic rings. The van der Waals surface area contributed by atoms with E-state index in [-0.39, 0.29) is 11.4 Å². The van der Waals surface area contributed by atoms with Crippen LogP contribution < -0.4 is 5.43 Å². The van der Waals surface area contributed by atoms with Crippen LogP contribution in [0.4, 0.5) is 17.1 Å². The van der Waals surface area contributed by atoms with Crippen molar-refractivity contribution in [3.63, 3.8) is 0 Å². The molecule has 2 aromatic rings. The van der Waals surface area contributed by atoms with Crippen molar-refractivity contribution >= 4 is 45.9 Å². The van der Waals surface area contributed by atoms with Gasteiger partial charge in [0, 0.05) is 15.2 Å². The third kappa shape index (κ3) is 3.75. The third-order valence-electron chi connectivity index (χ3n) is 2.68. The van der Waals surface area contributed by atoms with Gasteiger partial charge in [0.15, 0.2) is 0 Å². The van der Waals surface area contributed by atoms with Gasteiger partial charge in [0.25, 0.3) is 5.69 Å². The molecule has 0 radical (unpaired) electrons. The highest BCUT2D eigenvalue weighted by Gasteiger charge is 2.18. The number of hydrogen-bond donors (Lipinski definition) is 1. The summed E-state index contributed by atoms with van der Waals surface area (Å²) in [5, 5.41) is 25.6. The number of halogens is 1. The minimum absolute atomic E-state index is 0.0813. The molecule has 0 saturated heterocycles.